The van der Waals surface area contributed by atoms with Crippen LogP contribution in [-0.4, -0.2) is 41.3 Å². The Bertz CT molecular complexity index is 1700. The second kappa shape index (κ2) is 9.29. The Labute approximate surface area is 222 Å². The number of carbonyl (C=O) groups is 2. The highest BCUT2D eigenvalue weighted by Crippen LogP contribution is 2.38. The minimum Gasteiger partial charge on any atom is -0.364 e. The van der Waals surface area contributed by atoms with Crippen LogP contribution in [0.4, 0.5) is 5.69 Å². The van der Waals surface area contributed by atoms with Crippen LogP contribution in [0.5, 0.6) is 0 Å². The second-order valence-electron chi connectivity index (χ2n) is 8.54. The number of aryl methyl sites for hydroxylation is 1. The topological polar surface area (TPSA) is 137 Å². The minimum absolute atomic E-state index is 0.0175. The molecule has 1 aliphatic rings. The zero-order chi connectivity index (χ0) is 26.5. The highest BCUT2D eigenvalue weighted by molar-refractivity contribution is 7.90. The number of carbonyl (C=O) groups excluding carboxylic acids is 2. The van der Waals surface area contributed by atoms with Gasteiger partial charge < -0.3 is 11.1 Å². The van der Waals surface area contributed by atoms with Gasteiger partial charge in [0.25, 0.3) is 11.8 Å². The fourth-order valence-corrected chi connectivity index (χ4v) is 5.29. The molecule has 0 radical (unpaired) electrons. The van der Waals surface area contributed by atoms with E-state index in [0.29, 0.717) is 35.5 Å². The highest BCUT2D eigenvalue weighted by Gasteiger charge is 2.28. The number of rotatable bonds is 5. The van der Waals surface area contributed by atoms with Crippen LogP contribution in [0.1, 0.15) is 32.0 Å². The Balaban J connectivity index is 1.60. The summed E-state index contributed by atoms with van der Waals surface area (Å²) in [5.74, 6) is -1.16. The molecule has 9 nitrogen and oxygen atoms in total. The Morgan fingerprint density at radius 2 is 1.78 bits per heavy atom. The van der Waals surface area contributed by atoms with Crippen LogP contribution in [0.25, 0.3) is 16.9 Å². The maximum Gasteiger partial charge on any atom is 0.269 e. The number of anilines is 1. The van der Waals surface area contributed by atoms with Crippen molar-refractivity contribution in [1.29, 1.82) is 0 Å². The quantitative estimate of drug-likeness (QED) is 0.355. The number of hydrogen-bond acceptors (Lipinski definition) is 6. The number of nitrogens with two attached hydrogens (primary N) is 1. The fourth-order valence-electron chi connectivity index (χ4n) is 4.32. The predicted octanol–water partition coefficient (Wildman–Crippen LogP) is 4.09. The Morgan fingerprint density at radius 1 is 1.05 bits per heavy atom. The average molecular weight is 556 g/mol. The molecule has 0 unspecified atom stereocenters. The van der Waals surface area contributed by atoms with Crippen LogP contribution < -0.4 is 11.1 Å². The van der Waals surface area contributed by atoms with Crippen LogP contribution in [0, 0.1) is 0 Å². The summed E-state index contributed by atoms with van der Waals surface area (Å²) < 4.78 is 25.4. The van der Waals surface area contributed by atoms with Crippen molar-refractivity contribution in [3.63, 3.8) is 0 Å². The fraction of sp³-hybridized carbons (Fsp3) is 0.120. The molecule has 0 atom stereocenters. The minimum atomic E-state index is -3.39. The number of sulfone groups is 1. The van der Waals surface area contributed by atoms with Crippen molar-refractivity contribution in [2.24, 2.45) is 5.73 Å². The molecule has 0 aliphatic heterocycles. The third-order valence-corrected chi connectivity index (χ3v) is 7.68. The third-order valence-electron chi connectivity index (χ3n) is 6.04. The summed E-state index contributed by atoms with van der Waals surface area (Å²) in [4.78, 5) is 29.2. The van der Waals surface area contributed by atoms with Crippen LogP contribution in [0.15, 0.2) is 59.6 Å². The molecule has 0 bridgehead atoms. The third kappa shape index (κ3) is 4.71. The molecule has 4 aromatic rings. The predicted molar refractivity (Wildman–Crippen MR) is 140 cm³/mol. The molecular weight excluding hydrogens is 537 g/mol. The number of nitrogens with zero attached hydrogens (tertiary/aromatic N) is 3. The van der Waals surface area contributed by atoms with Gasteiger partial charge in [0.1, 0.15) is 5.15 Å². The maximum atomic E-state index is 12.9. The van der Waals surface area contributed by atoms with E-state index in [-0.39, 0.29) is 26.3 Å². The Morgan fingerprint density at radius 3 is 2.46 bits per heavy atom. The lowest BCUT2D eigenvalue weighted by Crippen LogP contribution is -2.16. The molecular formula is C25H19Cl2N5O4S. The van der Waals surface area contributed by atoms with Gasteiger partial charge in [-0.3, -0.25) is 9.59 Å². The van der Waals surface area contributed by atoms with E-state index < -0.39 is 21.7 Å². The van der Waals surface area contributed by atoms with E-state index in [1.165, 1.54) is 24.4 Å². The first-order valence-electron chi connectivity index (χ1n) is 11.0. The van der Waals surface area contributed by atoms with Crippen molar-refractivity contribution in [3.8, 4) is 16.9 Å². The lowest BCUT2D eigenvalue weighted by atomic mass is 9.88. The zero-order valence-corrected chi connectivity index (χ0v) is 21.7. The van der Waals surface area contributed by atoms with Crippen LogP contribution in [0.2, 0.25) is 10.2 Å². The number of aromatic nitrogens is 3. The highest BCUT2D eigenvalue weighted by atomic mass is 35.5. The molecule has 5 rings (SSSR count). The second-order valence-corrected chi connectivity index (χ2v) is 11.3. The van der Waals surface area contributed by atoms with E-state index in [0.717, 1.165) is 17.4 Å². The van der Waals surface area contributed by atoms with Crippen molar-refractivity contribution in [3.05, 3.63) is 87.3 Å². The molecule has 2 heterocycles. The molecule has 188 valence electrons. The standard InChI is InChI=1S/C25H19Cl2N5O4S/c1-37(35,36)17-7-5-16(6-8-17)32-22-18(21(31-32)24(28)33)9-3-13-2-4-15(11-19(13)22)30-25(34)20-10-14(26)12-29-23(20)27/h2,4-8,10-12H,3,9H2,1H3,(H2,28,33)(H,30,34). The molecule has 2 amide bonds. The van der Waals surface area contributed by atoms with E-state index in [1.54, 1.807) is 28.9 Å². The van der Waals surface area contributed by atoms with E-state index in [4.69, 9.17) is 28.9 Å². The van der Waals surface area contributed by atoms with Crippen molar-refractivity contribution < 1.29 is 18.0 Å². The summed E-state index contributed by atoms with van der Waals surface area (Å²) in [6.45, 7) is 0. The summed E-state index contributed by atoms with van der Waals surface area (Å²) in [5.41, 5.74) is 9.98. The van der Waals surface area contributed by atoms with Crippen molar-refractivity contribution in [2.45, 2.75) is 17.7 Å². The summed E-state index contributed by atoms with van der Waals surface area (Å²) >= 11 is 12.0. The van der Waals surface area contributed by atoms with Crippen molar-refractivity contribution in [1.82, 2.24) is 14.8 Å². The van der Waals surface area contributed by atoms with Gasteiger partial charge in [-0.1, -0.05) is 29.3 Å². The SMILES string of the molecule is CS(=O)(=O)c1ccc(-n2nc(C(N)=O)c3c2-c2cc(NC(=O)c4cc(Cl)cnc4Cl)ccc2CC3)cc1. The molecule has 3 N–H and O–H groups in total. The Hall–Kier alpha value is -3.73. The number of pyridine rings is 1. The van der Waals surface area contributed by atoms with E-state index >= 15 is 0 Å². The molecule has 2 aromatic heterocycles. The van der Waals surface area contributed by atoms with E-state index in [2.05, 4.69) is 15.4 Å². The Kier molecular flexibility index (Phi) is 6.26. The summed E-state index contributed by atoms with van der Waals surface area (Å²) in [6, 6.07) is 13.1. The molecule has 0 spiro atoms. The van der Waals surface area contributed by atoms with Gasteiger partial charge >= 0.3 is 0 Å². The lowest BCUT2D eigenvalue weighted by molar-refractivity contribution is 0.0992. The first kappa shape index (κ1) is 24.9. The molecule has 0 saturated carbocycles. The van der Waals surface area contributed by atoms with Gasteiger partial charge in [-0.25, -0.2) is 18.1 Å². The van der Waals surface area contributed by atoms with E-state index in [9.17, 15) is 18.0 Å². The van der Waals surface area contributed by atoms with E-state index in [1.807, 2.05) is 6.07 Å². The smallest absolute Gasteiger partial charge is 0.269 e. The maximum absolute atomic E-state index is 12.9. The molecule has 12 heteroatoms. The number of primary amides is 1. The number of fused-ring (bicyclic) bond motifs is 3. The monoisotopic (exact) mass is 555 g/mol. The van der Waals surface area contributed by atoms with Crippen LogP contribution >= 0.6 is 23.2 Å². The molecule has 0 fully saturated rings. The summed E-state index contributed by atoms with van der Waals surface area (Å²) in [7, 11) is -3.39. The van der Waals surface area contributed by atoms with Gasteiger partial charge in [-0.2, -0.15) is 5.10 Å². The normalized spacial score (nSPS) is 12.5. The van der Waals surface area contributed by atoms with Gasteiger partial charge in [0.2, 0.25) is 0 Å². The number of halogens is 2. The number of benzene rings is 2. The first-order valence-corrected chi connectivity index (χ1v) is 13.7. The lowest BCUT2D eigenvalue weighted by Gasteiger charge is -2.20. The molecule has 37 heavy (non-hydrogen) atoms. The largest absolute Gasteiger partial charge is 0.364 e. The van der Waals surface area contributed by atoms with Crippen molar-refractivity contribution >= 4 is 50.5 Å². The first-order chi connectivity index (χ1) is 17.5. The number of nitrogens with one attached hydrogen (secondary N) is 1. The zero-order valence-electron chi connectivity index (χ0n) is 19.3. The van der Waals surface area contributed by atoms with Crippen LogP contribution in [-0.2, 0) is 22.7 Å². The number of hydrogen-bond donors (Lipinski definition) is 2. The summed E-state index contributed by atoms with van der Waals surface area (Å²) in [5, 5.41) is 7.58. The average Bonchev–Trinajstić information content (AvgIpc) is 3.25. The molecule has 1 aliphatic carbocycles. The van der Waals surface area contributed by atoms with Gasteiger partial charge in [-0.15, -0.1) is 0 Å². The molecule has 2 aromatic carbocycles. The number of amides is 2. The van der Waals surface area contributed by atoms with Crippen LogP contribution in [0.3, 0.4) is 0 Å². The van der Waals surface area contributed by atoms with Gasteiger partial charge in [0.05, 0.1) is 26.9 Å². The summed E-state index contributed by atoms with van der Waals surface area (Å²) in [6.07, 6.45) is 3.65. The van der Waals surface area contributed by atoms with Gasteiger partial charge in [0.15, 0.2) is 15.5 Å². The van der Waals surface area contributed by atoms with Gasteiger partial charge in [0, 0.05) is 29.3 Å². The van der Waals surface area contributed by atoms with Crippen molar-refractivity contribution in [2.75, 3.05) is 11.6 Å². The van der Waals surface area contributed by atoms with Gasteiger partial charge in [-0.05, 0) is 60.9 Å². The molecule has 0 saturated heterocycles.